The van der Waals surface area contributed by atoms with Gasteiger partial charge in [-0.2, -0.15) is 5.26 Å². The smallest absolute Gasteiger partial charge is 0.406 e. The van der Waals surface area contributed by atoms with Crippen LogP contribution in [0.4, 0.5) is 13.2 Å². The topological polar surface area (TPSA) is 33.0 Å². The highest BCUT2D eigenvalue weighted by molar-refractivity contribution is 5.66. The molecule has 5 heteroatoms. The van der Waals surface area contributed by atoms with Crippen molar-refractivity contribution in [3.05, 3.63) is 53.6 Å². The summed E-state index contributed by atoms with van der Waals surface area (Å²) < 4.78 is 40.4. The predicted molar refractivity (Wildman–Crippen MR) is 68.0 cm³/mol. The number of nitriles is 1. The van der Waals surface area contributed by atoms with Gasteiger partial charge in [-0.15, -0.1) is 13.2 Å². The number of halogens is 3. The standard InChI is InChI=1S/C15H10F3NO/c1-10-8-13(6-7-14(10)20-15(16,17)18)12-4-2-11(9-19)3-5-12/h2-8H,1H3. The molecule has 0 amide bonds. The molecule has 0 heterocycles. The van der Waals surface area contributed by atoms with E-state index in [2.05, 4.69) is 4.74 Å². The molecule has 20 heavy (non-hydrogen) atoms. The maximum atomic E-state index is 12.2. The monoisotopic (exact) mass is 277 g/mol. The number of rotatable bonds is 2. The number of hydrogen-bond donors (Lipinski definition) is 0. The molecule has 0 fully saturated rings. The minimum Gasteiger partial charge on any atom is -0.406 e. The molecule has 2 aromatic carbocycles. The number of ether oxygens (including phenoxy) is 1. The molecule has 0 aliphatic heterocycles. The first-order valence-corrected chi connectivity index (χ1v) is 5.76. The van der Waals surface area contributed by atoms with Gasteiger partial charge in [-0.3, -0.25) is 0 Å². The van der Waals surface area contributed by atoms with Crippen LogP contribution in [0, 0.1) is 18.3 Å². The molecule has 0 spiro atoms. The van der Waals surface area contributed by atoms with Gasteiger partial charge in [0.05, 0.1) is 11.6 Å². The van der Waals surface area contributed by atoms with E-state index in [1.165, 1.54) is 6.07 Å². The van der Waals surface area contributed by atoms with Gasteiger partial charge < -0.3 is 4.74 Å². The first-order valence-electron chi connectivity index (χ1n) is 5.76. The first-order chi connectivity index (χ1) is 9.39. The lowest BCUT2D eigenvalue weighted by Crippen LogP contribution is -2.17. The van der Waals surface area contributed by atoms with Gasteiger partial charge >= 0.3 is 6.36 Å². The van der Waals surface area contributed by atoms with Crippen molar-refractivity contribution >= 4 is 0 Å². The second kappa shape index (κ2) is 5.25. The zero-order valence-electron chi connectivity index (χ0n) is 10.5. The fraction of sp³-hybridized carbons (Fsp3) is 0.133. The first kappa shape index (κ1) is 13.9. The van der Waals surface area contributed by atoms with Crippen LogP contribution in [0.1, 0.15) is 11.1 Å². The van der Waals surface area contributed by atoms with Crippen LogP contribution < -0.4 is 4.74 Å². The van der Waals surface area contributed by atoms with E-state index in [1.807, 2.05) is 6.07 Å². The Kier molecular flexibility index (Phi) is 3.66. The Labute approximate surface area is 114 Å². The molecular formula is C15H10F3NO. The Balaban J connectivity index is 2.30. The molecule has 0 atom stereocenters. The fourth-order valence-electron chi connectivity index (χ4n) is 1.81. The zero-order chi connectivity index (χ0) is 14.8. The number of hydrogen-bond acceptors (Lipinski definition) is 2. The molecule has 2 aromatic rings. The Morgan fingerprint density at radius 3 is 2.10 bits per heavy atom. The molecular weight excluding hydrogens is 267 g/mol. The van der Waals surface area contributed by atoms with Crippen LogP contribution in [0.3, 0.4) is 0 Å². The summed E-state index contributed by atoms with van der Waals surface area (Å²) in [6.07, 6.45) is -4.69. The predicted octanol–water partition coefficient (Wildman–Crippen LogP) is 4.43. The lowest BCUT2D eigenvalue weighted by Gasteiger charge is -2.12. The molecule has 102 valence electrons. The van der Waals surface area contributed by atoms with Crippen LogP contribution in [0.15, 0.2) is 42.5 Å². The Morgan fingerprint density at radius 1 is 1.00 bits per heavy atom. The van der Waals surface area contributed by atoms with Crippen molar-refractivity contribution in [3.63, 3.8) is 0 Å². The number of benzene rings is 2. The van der Waals surface area contributed by atoms with Crippen LogP contribution in [0.2, 0.25) is 0 Å². The van der Waals surface area contributed by atoms with Gasteiger partial charge in [-0.1, -0.05) is 18.2 Å². The molecule has 0 saturated heterocycles. The van der Waals surface area contributed by atoms with E-state index in [1.54, 1.807) is 43.3 Å². The second-order valence-corrected chi connectivity index (χ2v) is 4.22. The summed E-state index contributed by atoms with van der Waals surface area (Å²) in [4.78, 5) is 0. The van der Waals surface area contributed by atoms with Crippen molar-refractivity contribution in [2.75, 3.05) is 0 Å². The van der Waals surface area contributed by atoms with E-state index >= 15 is 0 Å². The number of aryl methyl sites for hydroxylation is 1. The highest BCUT2D eigenvalue weighted by atomic mass is 19.4. The maximum Gasteiger partial charge on any atom is 0.573 e. The van der Waals surface area contributed by atoms with E-state index in [4.69, 9.17) is 5.26 Å². The van der Waals surface area contributed by atoms with E-state index < -0.39 is 6.36 Å². The van der Waals surface area contributed by atoms with E-state index in [0.717, 1.165) is 11.1 Å². The van der Waals surface area contributed by atoms with E-state index in [-0.39, 0.29) is 5.75 Å². The summed E-state index contributed by atoms with van der Waals surface area (Å²) in [5, 5.41) is 8.71. The average molecular weight is 277 g/mol. The van der Waals surface area contributed by atoms with Crippen molar-refractivity contribution in [1.29, 1.82) is 5.26 Å². The van der Waals surface area contributed by atoms with Crippen LogP contribution >= 0.6 is 0 Å². The highest BCUT2D eigenvalue weighted by Gasteiger charge is 2.31. The summed E-state index contributed by atoms with van der Waals surface area (Å²) in [7, 11) is 0. The van der Waals surface area contributed by atoms with Crippen molar-refractivity contribution < 1.29 is 17.9 Å². The molecule has 0 saturated carbocycles. The molecule has 0 bridgehead atoms. The molecule has 2 rings (SSSR count). The third kappa shape index (κ3) is 3.29. The molecule has 0 N–H and O–H groups in total. The largest absolute Gasteiger partial charge is 0.573 e. The second-order valence-electron chi connectivity index (χ2n) is 4.22. The van der Waals surface area contributed by atoms with Crippen molar-refractivity contribution in [3.8, 4) is 22.9 Å². The number of nitrogens with zero attached hydrogens (tertiary/aromatic N) is 1. The quantitative estimate of drug-likeness (QED) is 0.813. The lowest BCUT2D eigenvalue weighted by atomic mass is 10.0. The maximum absolute atomic E-state index is 12.2. The Hall–Kier alpha value is -2.48. The van der Waals surface area contributed by atoms with Gasteiger partial charge in [0.2, 0.25) is 0 Å². The summed E-state index contributed by atoms with van der Waals surface area (Å²) in [5.41, 5.74) is 2.51. The third-order valence-corrected chi connectivity index (χ3v) is 2.75. The van der Waals surface area contributed by atoms with Gasteiger partial charge in [-0.05, 0) is 47.9 Å². The van der Waals surface area contributed by atoms with Gasteiger partial charge in [-0.25, -0.2) is 0 Å². The van der Waals surface area contributed by atoms with E-state index in [0.29, 0.717) is 11.1 Å². The normalized spacial score (nSPS) is 10.9. The summed E-state index contributed by atoms with van der Waals surface area (Å²) in [5.74, 6) is -0.213. The Morgan fingerprint density at radius 2 is 1.60 bits per heavy atom. The molecule has 0 radical (unpaired) electrons. The van der Waals surface area contributed by atoms with Crippen molar-refractivity contribution in [2.45, 2.75) is 13.3 Å². The van der Waals surface area contributed by atoms with Gasteiger partial charge in [0.1, 0.15) is 5.75 Å². The third-order valence-electron chi connectivity index (χ3n) is 2.75. The molecule has 0 unspecified atom stereocenters. The molecule has 2 nitrogen and oxygen atoms in total. The van der Waals surface area contributed by atoms with Crippen LogP contribution in [0.5, 0.6) is 5.75 Å². The minimum atomic E-state index is -4.69. The summed E-state index contributed by atoms with van der Waals surface area (Å²) in [6, 6.07) is 13.3. The van der Waals surface area contributed by atoms with Gasteiger partial charge in [0, 0.05) is 0 Å². The number of alkyl halides is 3. The van der Waals surface area contributed by atoms with Crippen LogP contribution in [0.25, 0.3) is 11.1 Å². The SMILES string of the molecule is Cc1cc(-c2ccc(C#N)cc2)ccc1OC(F)(F)F. The Bertz CT molecular complexity index is 654. The van der Waals surface area contributed by atoms with E-state index in [9.17, 15) is 13.2 Å². The van der Waals surface area contributed by atoms with Crippen LogP contribution in [-0.4, -0.2) is 6.36 Å². The van der Waals surface area contributed by atoms with Crippen molar-refractivity contribution in [1.82, 2.24) is 0 Å². The molecule has 0 aliphatic rings. The fourth-order valence-corrected chi connectivity index (χ4v) is 1.81. The van der Waals surface area contributed by atoms with Gasteiger partial charge in [0.15, 0.2) is 0 Å². The van der Waals surface area contributed by atoms with Crippen LogP contribution in [-0.2, 0) is 0 Å². The highest BCUT2D eigenvalue weighted by Crippen LogP contribution is 2.30. The lowest BCUT2D eigenvalue weighted by molar-refractivity contribution is -0.274. The summed E-state index contributed by atoms with van der Waals surface area (Å²) in [6.45, 7) is 1.55. The van der Waals surface area contributed by atoms with Crippen molar-refractivity contribution in [2.24, 2.45) is 0 Å². The average Bonchev–Trinajstić information content (AvgIpc) is 2.40. The minimum absolute atomic E-state index is 0.213. The zero-order valence-corrected chi connectivity index (χ0v) is 10.5. The molecule has 0 aliphatic carbocycles. The molecule has 0 aromatic heterocycles. The van der Waals surface area contributed by atoms with Gasteiger partial charge in [0.25, 0.3) is 0 Å². The summed E-state index contributed by atoms with van der Waals surface area (Å²) >= 11 is 0.